The molecule has 1 saturated heterocycles. The van der Waals surface area contributed by atoms with E-state index >= 15 is 0 Å². The summed E-state index contributed by atoms with van der Waals surface area (Å²) < 4.78 is 27.2. The monoisotopic (exact) mass is 436 g/mol. The van der Waals surface area contributed by atoms with E-state index in [1.807, 2.05) is 0 Å². The third kappa shape index (κ3) is 5.62. The van der Waals surface area contributed by atoms with Crippen molar-refractivity contribution in [2.75, 3.05) is 18.4 Å². The van der Waals surface area contributed by atoms with Crippen LogP contribution in [0.4, 0.5) is 5.13 Å². The maximum absolute atomic E-state index is 12.8. The van der Waals surface area contributed by atoms with Gasteiger partial charge in [0, 0.05) is 19.5 Å². The second kappa shape index (κ2) is 9.47. The summed E-state index contributed by atoms with van der Waals surface area (Å²) in [5.74, 6) is -0.824. The zero-order valence-electron chi connectivity index (χ0n) is 16.0. The fourth-order valence-corrected chi connectivity index (χ4v) is 5.35. The summed E-state index contributed by atoms with van der Waals surface area (Å²) in [6.07, 6.45) is 5.92. The summed E-state index contributed by atoms with van der Waals surface area (Å²) in [6.45, 7) is 1.14. The average molecular weight is 437 g/mol. The van der Waals surface area contributed by atoms with Gasteiger partial charge >= 0.3 is 0 Å². The number of nitrogens with zero attached hydrogens (tertiary/aromatic N) is 2. The predicted molar refractivity (Wildman–Crippen MR) is 111 cm³/mol. The van der Waals surface area contributed by atoms with Crippen LogP contribution in [0.3, 0.4) is 0 Å². The van der Waals surface area contributed by atoms with Crippen molar-refractivity contribution < 1.29 is 18.0 Å². The van der Waals surface area contributed by atoms with Crippen molar-refractivity contribution in [3.63, 3.8) is 0 Å². The van der Waals surface area contributed by atoms with Gasteiger partial charge < -0.3 is 11.1 Å². The highest BCUT2D eigenvalue weighted by molar-refractivity contribution is 7.89. The molecule has 0 spiro atoms. The van der Waals surface area contributed by atoms with E-state index in [1.54, 1.807) is 28.6 Å². The number of sulfonamides is 1. The van der Waals surface area contributed by atoms with Crippen molar-refractivity contribution in [1.29, 1.82) is 0 Å². The Hall–Kier alpha value is -2.30. The summed E-state index contributed by atoms with van der Waals surface area (Å²) in [5, 5.41) is 2.95. The van der Waals surface area contributed by atoms with Crippen LogP contribution in [0.2, 0.25) is 0 Å². The molecule has 1 aromatic carbocycles. The van der Waals surface area contributed by atoms with Crippen LogP contribution in [0.15, 0.2) is 35.4 Å². The molecule has 2 heterocycles. The molecular formula is C19H24N4O4S2. The fourth-order valence-electron chi connectivity index (χ4n) is 3.14. The SMILES string of the molecule is NC(=O)c1cnc(NC(=O)CCc2ccc(S(=O)(=O)N3CCCCCC3)cc2)s1. The lowest BCUT2D eigenvalue weighted by Gasteiger charge is -2.20. The van der Waals surface area contributed by atoms with Crippen molar-refractivity contribution in [3.8, 4) is 0 Å². The number of thiazole rings is 1. The molecule has 1 aromatic heterocycles. The molecule has 0 atom stereocenters. The van der Waals surface area contributed by atoms with Gasteiger partial charge in [-0.3, -0.25) is 9.59 Å². The van der Waals surface area contributed by atoms with Gasteiger partial charge in [-0.1, -0.05) is 36.3 Å². The number of nitrogens with one attached hydrogen (secondary N) is 1. The molecule has 0 saturated carbocycles. The Labute approximate surface area is 174 Å². The van der Waals surface area contributed by atoms with E-state index < -0.39 is 15.9 Å². The molecular weight excluding hydrogens is 412 g/mol. The molecule has 0 aliphatic carbocycles. The molecule has 156 valence electrons. The molecule has 8 nitrogen and oxygen atoms in total. The first-order chi connectivity index (χ1) is 13.9. The lowest BCUT2D eigenvalue weighted by molar-refractivity contribution is -0.116. The minimum atomic E-state index is -3.47. The number of hydrogen-bond donors (Lipinski definition) is 2. The first-order valence-corrected chi connectivity index (χ1v) is 11.8. The summed E-state index contributed by atoms with van der Waals surface area (Å²) in [5.41, 5.74) is 6.03. The Balaban J connectivity index is 1.55. The Bertz CT molecular complexity index is 962. The molecule has 10 heteroatoms. The van der Waals surface area contributed by atoms with Gasteiger partial charge in [0.05, 0.1) is 11.1 Å². The first-order valence-electron chi connectivity index (χ1n) is 9.51. The van der Waals surface area contributed by atoms with Crippen LogP contribution < -0.4 is 11.1 Å². The predicted octanol–water partition coefficient (Wildman–Crippen LogP) is 2.38. The van der Waals surface area contributed by atoms with Crippen molar-refractivity contribution in [2.45, 2.75) is 43.4 Å². The minimum absolute atomic E-state index is 0.212. The average Bonchev–Trinajstić information content (AvgIpc) is 2.98. The fraction of sp³-hybridized carbons (Fsp3) is 0.421. The van der Waals surface area contributed by atoms with Crippen LogP contribution in [0.5, 0.6) is 0 Å². The van der Waals surface area contributed by atoms with Gasteiger partial charge in [-0.2, -0.15) is 4.31 Å². The first kappa shape index (κ1) is 21.4. The van der Waals surface area contributed by atoms with Crippen molar-refractivity contribution in [3.05, 3.63) is 40.9 Å². The molecule has 1 fully saturated rings. The largest absolute Gasteiger partial charge is 0.365 e. The van der Waals surface area contributed by atoms with E-state index in [0.717, 1.165) is 42.6 Å². The highest BCUT2D eigenvalue weighted by atomic mass is 32.2. The van der Waals surface area contributed by atoms with Crippen LogP contribution in [-0.4, -0.2) is 42.6 Å². The Morgan fingerprint density at radius 1 is 1.10 bits per heavy atom. The summed E-state index contributed by atoms with van der Waals surface area (Å²) in [7, 11) is -3.47. The molecule has 0 radical (unpaired) electrons. The van der Waals surface area contributed by atoms with Gasteiger partial charge in [0.15, 0.2) is 5.13 Å². The lowest BCUT2D eigenvalue weighted by atomic mass is 10.1. The Morgan fingerprint density at radius 2 is 1.76 bits per heavy atom. The number of aryl methyl sites for hydroxylation is 1. The number of aromatic nitrogens is 1. The molecule has 2 aromatic rings. The summed E-state index contributed by atoms with van der Waals surface area (Å²) >= 11 is 1.02. The maximum atomic E-state index is 12.8. The van der Waals surface area contributed by atoms with E-state index in [-0.39, 0.29) is 22.1 Å². The quantitative estimate of drug-likeness (QED) is 0.690. The van der Waals surface area contributed by atoms with Crippen molar-refractivity contribution in [1.82, 2.24) is 9.29 Å². The third-order valence-corrected chi connectivity index (χ3v) is 7.60. The second-order valence-electron chi connectivity index (χ2n) is 6.90. The molecule has 0 bridgehead atoms. The van der Waals surface area contributed by atoms with Gasteiger partial charge in [-0.25, -0.2) is 13.4 Å². The molecule has 3 rings (SSSR count). The summed E-state index contributed by atoms with van der Waals surface area (Å²) in [6, 6.07) is 6.69. The van der Waals surface area contributed by atoms with Gasteiger partial charge in [0.1, 0.15) is 4.88 Å². The molecule has 0 unspecified atom stereocenters. The van der Waals surface area contributed by atoms with E-state index in [0.29, 0.717) is 24.6 Å². The number of anilines is 1. The Kier molecular flexibility index (Phi) is 6.99. The standard InChI is InChI=1S/C19H24N4O4S2/c20-18(25)16-13-21-19(28-16)22-17(24)10-7-14-5-8-15(9-6-14)29(26,27)23-11-3-1-2-4-12-23/h5-6,8-9,13H,1-4,7,10-12H2,(H2,20,25)(H,21,22,24). The van der Waals surface area contributed by atoms with Gasteiger partial charge in [0.25, 0.3) is 5.91 Å². The van der Waals surface area contributed by atoms with Crippen LogP contribution in [0, 0.1) is 0 Å². The van der Waals surface area contributed by atoms with Gasteiger partial charge in [0.2, 0.25) is 15.9 Å². The second-order valence-corrected chi connectivity index (χ2v) is 9.87. The zero-order chi connectivity index (χ0) is 20.9. The molecule has 1 aliphatic rings. The summed E-state index contributed by atoms with van der Waals surface area (Å²) in [4.78, 5) is 27.6. The number of hydrogen-bond acceptors (Lipinski definition) is 6. The molecule has 1 aliphatic heterocycles. The van der Waals surface area contributed by atoms with E-state index in [1.165, 1.54) is 6.20 Å². The molecule has 2 amide bonds. The Morgan fingerprint density at radius 3 is 2.34 bits per heavy atom. The molecule has 29 heavy (non-hydrogen) atoms. The number of benzene rings is 1. The van der Waals surface area contributed by atoms with E-state index in [2.05, 4.69) is 10.3 Å². The highest BCUT2D eigenvalue weighted by Crippen LogP contribution is 2.21. The van der Waals surface area contributed by atoms with Crippen LogP contribution in [-0.2, 0) is 21.2 Å². The van der Waals surface area contributed by atoms with Crippen LogP contribution in [0.25, 0.3) is 0 Å². The number of carbonyl (C=O) groups excluding carboxylic acids is 2. The minimum Gasteiger partial charge on any atom is -0.365 e. The number of rotatable bonds is 7. The van der Waals surface area contributed by atoms with Crippen LogP contribution in [0.1, 0.15) is 47.3 Å². The number of carbonyl (C=O) groups is 2. The topological polar surface area (TPSA) is 122 Å². The van der Waals surface area contributed by atoms with Gasteiger partial charge in [-0.05, 0) is 37.0 Å². The van der Waals surface area contributed by atoms with Crippen molar-refractivity contribution in [2.24, 2.45) is 5.73 Å². The number of nitrogens with two attached hydrogens (primary N) is 1. The van der Waals surface area contributed by atoms with Crippen molar-refractivity contribution >= 4 is 38.3 Å². The third-order valence-electron chi connectivity index (χ3n) is 4.76. The zero-order valence-corrected chi connectivity index (χ0v) is 17.6. The van der Waals surface area contributed by atoms with E-state index in [4.69, 9.17) is 5.73 Å². The van der Waals surface area contributed by atoms with E-state index in [9.17, 15) is 18.0 Å². The number of amides is 2. The van der Waals surface area contributed by atoms with Crippen LogP contribution >= 0.6 is 11.3 Å². The maximum Gasteiger partial charge on any atom is 0.260 e. The normalized spacial score (nSPS) is 15.6. The lowest BCUT2D eigenvalue weighted by Crippen LogP contribution is -2.31. The smallest absolute Gasteiger partial charge is 0.260 e. The number of primary amides is 1. The van der Waals surface area contributed by atoms with Gasteiger partial charge in [-0.15, -0.1) is 0 Å². The molecule has 3 N–H and O–H groups in total. The highest BCUT2D eigenvalue weighted by Gasteiger charge is 2.24.